The molecule has 2 N–H and O–H groups in total. The summed E-state index contributed by atoms with van der Waals surface area (Å²) in [6.45, 7) is 2.01. The number of methoxy groups -OCH3 is 1. The number of benzene rings is 2. The summed E-state index contributed by atoms with van der Waals surface area (Å²) >= 11 is 6.23. The first kappa shape index (κ1) is 15.4. The van der Waals surface area contributed by atoms with Gasteiger partial charge < -0.3 is 15.4 Å². The Morgan fingerprint density at radius 1 is 1.29 bits per heavy atom. The molecule has 0 heterocycles. The fourth-order valence-electron chi connectivity index (χ4n) is 2.25. The molecule has 3 nitrogen and oxygen atoms in total. The predicted molar refractivity (Wildman–Crippen MR) is 85.6 cm³/mol. The van der Waals surface area contributed by atoms with Crippen LogP contribution in [0.3, 0.4) is 0 Å². The Bertz CT molecular complexity index is 648. The maximum absolute atomic E-state index is 13.6. The van der Waals surface area contributed by atoms with Gasteiger partial charge in [-0.05, 0) is 18.6 Å². The molecule has 0 aliphatic rings. The van der Waals surface area contributed by atoms with E-state index in [1.54, 1.807) is 6.07 Å². The molecule has 112 valence electrons. The van der Waals surface area contributed by atoms with Crippen molar-refractivity contribution in [2.45, 2.75) is 13.0 Å². The summed E-state index contributed by atoms with van der Waals surface area (Å²) in [6.07, 6.45) is 0. The van der Waals surface area contributed by atoms with Crippen LogP contribution in [0, 0.1) is 5.82 Å². The Kier molecular flexibility index (Phi) is 4.58. The van der Waals surface area contributed by atoms with Crippen LogP contribution in [0.1, 0.15) is 18.5 Å². The monoisotopic (exact) mass is 308 g/mol. The molecule has 0 spiro atoms. The molecule has 0 aliphatic heterocycles. The molecule has 0 amide bonds. The molecule has 1 atom stereocenters. The molecule has 0 aromatic heterocycles. The van der Waals surface area contributed by atoms with E-state index < -0.39 is 5.82 Å². The van der Waals surface area contributed by atoms with E-state index in [-0.39, 0.29) is 11.8 Å². The number of ether oxygens (including phenoxy) is 1. The second-order valence-electron chi connectivity index (χ2n) is 4.85. The third-order valence-corrected chi connectivity index (χ3v) is 3.96. The van der Waals surface area contributed by atoms with Gasteiger partial charge in [0.1, 0.15) is 0 Å². The van der Waals surface area contributed by atoms with Crippen LogP contribution in [0.2, 0.25) is 5.02 Å². The van der Waals surface area contributed by atoms with Crippen molar-refractivity contribution in [1.29, 1.82) is 0 Å². The first-order chi connectivity index (χ1) is 9.95. The highest BCUT2D eigenvalue weighted by Gasteiger charge is 2.19. The van der Waals surface area contributed by atoms with Crippen molar-refractivity contribution in [1.82, 2.24) is 0 Å². The van der Waals surface area contributed by atoms with Gasteiger partial charge in [0.2, 0.25) is 0 Å². The second-order valence-corrected chi connectivity index (χ2v) is 5.26. The molecule has 1 unspecified atom stereocenters. The molecule has 21 heavy (non-hydrogen) atoms. The van der Waals surface area contributed by atoms with E-state index in [1.165, 1.54) is 13.2 Å². The molecule has 2 aromatic rings. The SMILES string of the molecule is COc1cc(N(C)C(C)c2ccccc2Cl)c(N)cc1F. The van der Waals surface area contributed by atoms with Crippen molar-refractivity contribution >= 4 is 23.0 Å². The maximum Gasteiger partial charge on any atom is 0.167 e. The fraction of sp³-hybridized carbons (Fsp3) is 0.250. The number of nitrogens with two attached hydrogens (primary N) is 1. The minimum atomic E-state index is -0.474. The van der Waals surface area contributed by atoms with Crippen molar-refractivity contribution < 1.29 is 9.13 Å². The first-order valence-corrected chi connectivity index (χ1v) is 6.93. The predicted octanol–water partition coefficient (Wildman–Crippen LogP) is 4.27. The van der Waals surface area contributed by atoms with Crippen LogP contribution < -0.4 is 15.4 Å². The van der Waals surface area contributed by atoms with E-state index in [9.17, 15) is 4.39 Å². The molecule has 2 rings (SSSR count). The Balaban J connectivity index is 2.40. The van der Waals surface area contributed by atoms with Gasteiger partial charge in [-0.25, -0.2) is 4.39 Å². The Morgan fingerprint density at radius 2 is 1.95 bits per heavy atom. The van der Waals surface area contributed by atoms with Gasteiger partial charge in [-0.15, -0.1) is 0 Å². The number of rotatable bonds is 4. The molecule has 0 bridgehead atoms. The summed E-state index contributed by atoms with van der Waals surface area (Å²) < 4.78 is 18.7. The Hall–Kier alpha value is -1.94. The lowest BCUT2D eigenvalue weighted by Gasteiger charge is -2.29. The summed E-state index contributed by atoms with van der Waals surface area (Å²) in [7, 11) is 3.31. The average Bonchev–Trinajstić information content (AvgIpc) is 2.46. The van der Waals surface area contributed by atoms with Crippen LogP contribution in [-0.4, -0.2) is 14.2 Å². The number of anilines is 2. The van der Waals surface area contributed by atoms with Crippen LogP contribution >= 0.6 is 11.6 Å². The van der Waals surface area contributed by atoms with E-state index in [2.05, 4.69) is 0 Å². The minimum Gasteiger partial charge on any atom is -0.494 e. The van der Waals surface area contributed by atoms with Gasteiger partial charge in [0, 0.05) is 24.2 Å². The van der Waals surface area contributed by atoms with Crippen LogP contribution in [0.25, 0.3) is 0 Å². The van der Waals surface area contributed by atoms with E-state index in [4.69, 9.17) is 22.1 Å². The third kappa shape index (κ3) is 3.05. The van der Waals surface area contributed by atoms with Gasteiger partial charge in [0.25, 0.3) is 0 Å². The van der Waals surface area contributed by atoms with Crippen molar-refractivity contribution in [2.75, 3.05) is 24.8 Å². The largest absolute Gasteiger partial charge is 0.494 e. The molecule has 2 aromatic carbocycles. The topological polar surface area (TPSA) is 38.5 Å². The van der Waals surface area contributed by atoms with E-state index >= 15 is 0 Å². The zero-order valence-corrected chi connectivity index (χ0v) is 13.0. The van der Waals surface area contributed by atoms with Gasteiger partial charge in [0.15, 0.2) is 11.6 Å². The van der Waals surface area contributed by atoms with E-state index in [0.29, 0.717) is 16.4 Å². The van der Waals surface area contributed by atoms with Crippen molar-refractivity contribution in [3.05, 3.63) is 52.8 Å². The summed E-state index contributed by atoms with van der Waals surface area (Å²) in [5.41, 5.74) is 7.96. The van der Waals surface area contributed by atoms with Crippen LogP contribution in [0.4, 0.5) is 15.8 Å². The van der Waals surface area contributed by atoms with Crippen molar-refractivity contribution in [3.8, 4) is 5.75 Å². The Morgan fingerprint density at radius 3 is 2.57 bits per heavy atom. The maximum atomic E-state index is 13.6. The van der Waals surface area contributed by atoms with Gasteiger partial charge in [-0.3, -0.25) is 0 Å². The Labute approximate surface area is 129 Å². The van der Waals surface area contributed by atoms with Crippen LogP contribution in [0.15, 0.2) is 36.4 Å². The van der Waals surface area contributed by atoms with Gasteiger partial charge in [-0.2, -0.15) is 0 Å². The zero-order valence-electron chi connectivity index (χ0n) is 12.2. The highest BCUT2D eigenvalue weighted by atomic mass is 35.5. The number of halogens is 2. The molecule has 0 radical (unpaired) electrons. The lowest BCUT2D eigenvalue weighted by atomic mass is 10.1. The van der Waals surface area contributed by atoms with E-state index in [1.807, 2.05) is 43.1 Å². The van der Waals surface area contributed by atoms with Crippen molar-refractivity contribution in [3.63, 3.8) is 0 Å². The lowest BCUT2D eigenvalue weighted by Crippen LogP contribution is -2.23. The molecule has 0 fully saturated rings. The molecular weight excluding hydrogens is 291 g/mol. The minimum absolute atomic E-state index is 0.0174. The highest BCUT2D eigenvalue weighted by molar-refractivity contribution is 6.31. The molecule has 0 saturated carbocycles. The fourth-order valence-corrected chi connectivity index (χ4v) is 2.54. The number of nitrogens with zero attached hydrogens (tertiary/aromatic N) is 1. The molecule has 0 aliphatic carbocycles. The van der Waals surface area contributed by atoms with Gasteiger partial charge in [-0.1, -0.05) is 29.8 Å². The normalized spacial score (nSPS) is 12.0. The molecular formula is C16H18ClFN2O. The number of hydrogen-bond acceptors (Lipinski definition) is 3. The zero-order chi connectivity index (χ0) is 15.6. The third-order valence-electron chi connectivity index (χ3n) is 3.62. The van der Waals surface area contributed by atoms with Crippen LogP contribution in [0.5, 0.6) is 5.75 Å². The lowest BCUT2D eigenvalue weighted by molar-refractivity contribution is 0.386. The summed E-state index contributed by atoms with van der Waals surface area (Å²) in [5, 5.41) is 0.685. The molecule has 5 heteroatoms. The van der Waals surface area contributed by atoms with Gasteiger partial charge in [0.05, 0.1) is 24.5 Å². The molecule has 0 saturated heterocycles. The first-order valence-electron chi connectivity index (χ1n) is 6.56. The second kappa shape index (κ2) is 6.22. The summed E-state index contributed by atoms with van der Waals surface area (Å²) in [4.78, 5) is 1.94. The standard InChI is InChI=1S/C16H18ClFN2O/c1-10(11-6-4-5-7-12(11)17)20(2)15-9-16(21-3)13(18)8-14(15)19/h4-10H,19H2,1-3H3. The van der Waals surface area contributed by atoms with Crippen LogP contribution in [-0.2, 0) is 0 Å². The number of hydrogen-bond donors (Lipinski definition) is 1. The van der Waals surface area contributed by atoms with Gasteiger partial charge >= 0.3 is 0 Å². The quantitative estimate of drug-likeness (QED) is 0.857. The number of nitrogen functional groups attached to an aromatic ring is 1. The van der Waals surface area contributed by atoms with E-state index in [0.717, 1.165) is 5.56 Å². The summed E-state index contributed by atoms with van der Waals surface area (Å²) in [5.74, 6) is -0.310. The average molecular weight is 309 g/mol. The van der Waals surface area contributed by atoms with Crippen molar-refractivity contribution in [2.24, 2.45) is 0 Å². The highest BCUT2D eigenvalue weighted by Crippen LogP contribution is 2.36. The summed E-state index contributed by atoms with van der Waals surface area (Å²) in [6, 6.07) is 10.5. The smallest absolute Gasteiger partial charge is 0.167 e.